The van der Waals surface area contributed by atoms with E-state index in [-0.39, 0.29) is 0 Å². The fraction of sp³-hybridized carbons (Fsp3) is 1.00. The molecule has 90 valence electrons. The van der Waals surface area contributed by atoms with Gasteiger partial charge >= 0.3 is 0 Å². The molecule has 0 bridgehead atoms. The molecule has 0 radical (unpaired) electrons. The summed E-state index contributed by atoms with van der Waals surface area (Å²) in [6.07, 6.45) is 4.11. The van der Waals surface area contributed by atoms with Crippen LogP contribution in [0.25, 0.3) is 0 Å². The quantitative estimate of drug-likeness (QED) is 0.770. The largest absolute Gasteiger partial charge is 0.313 e. The van der Waals surface area contributed by atoms with Gasteiger partial charge in [-0.3, -0.25) is 0 Å². The second kappa shape index (κ2) is 5.31. The highest BCUT2D eigenvalue weighted by atomic mass is 15.2. The number of hydrogen-bond donors (Lipinski definition) is 1. The Balaban J connectivity index is 2.47. The van der Waals surface area contributed by atoms with Crippen molar-refractivity contribution >= 4 is 0 Å². The highest BCUT2D eigenvalue weighted by Gasteiger charge is 2.31. The molecule has 0 aliphatic heterocycles. The number of rotatable bonds is 4. The van der Waals surface area contributed by atoms with E-state index < -0.39 is 0 Å². The summed E-state index contributed by atoms with van der Waals surface area (Å²) in [6.45, 7) is 11.5. The Bertz CT molecular complexity index is 183. The van der Waals surface area contributed by atoms with Crippen LogP contribution in [0.1, 0.15) is 47.0 Å². The first-order valence-corrected chi connectivity index (χ1v) is 6.37. The summed E-state index contributed by atoms with van der Waals surface area (Å²) in [4.78, 5) is 2.56. The van der Waals surface area contributed by atoms with Crippen molar-refractivity contribution in [2.24, 2.45) is 5.41 Å². The van der Waals surface area contributed by atoms with Gasteiger partial charge in [-0.15, -0.1) is 0 Å². The average molecular weight is 212 g/mol. The van der Waals surface area contributed by atoms with Crippen LogP contribution in [0, 0.1) is 5.41 Å². The Morgan fingerprint density at radius 3 is 2.47 bits per heavy atom. The summed E-state index contributed by atoms with van der Waals surface area (Å²) >= 11 is 0. The van der Waals surface area contributed by atoms with Crippen LogP contribution in [0.4, 0.5) is 0 Å². The summed E-state index contributed by atoms with van der Waals surface area (Å²) in [6, 6.07) is 1.48. The Morgan fingerprint density at radius 1 is 1.27 bits per heavy atom. The monoisotopic (exact) mass is 212 g/mol. The molecule has 0 amide bonds. The summed E-state index contributed by atoms with van der Waals surface area (Å²) in [5.74, 6) is 0. The lowest BCUT2D eigenvalue weighted by molar-refractivity contribution is 0.154. The number of hydrogen-bond acceptors (Lipinski definition) is 2. The molecule has 0 aromatic carbocycles. The van der Waals surface area contributed by atoms with Crippen molar-refractivity contribution in [1.82, 2.24) is 10.2 Å². The van der Waals surface area contributed by atoms with Crippen molar-refractivity contribution in [3.8, 4) is 0 Å². The topological polar surface area (TPSA) is 15.3 Å². The van der Waals surface area contributed by atoms with E-state index in [1.807, 2.05) is 0 Å². The zero-order valence-corrected chi connectivity index (χ0v) is 11.1. The van der Waals surface area contributed by atoms with Crippen molar-refractivity contribution < 1.29 is 0 Å². The maximum atomic E-state index is 3.62. The van der Waals surface area contributed by atoms with Crippen LogP contribution in [0.5, 0.6) is 0 Å². The number of nitrogens with one attached hydrogen (secondary N) is 1. The summed E-state index contributed by atoms with van der Waals surface area (Å²) in [5.41, 5.74) is 0.411. The Morgan fingerprint density at radius 2 is 1.93 bits per heavy atom. The van der Waals surface area contributed by atoms with E-state index in [0.29, 0.717) is 5.41 Å². The standard InChI is InChI=1S/C13H28N2/c1-6-14-11-8-7-9-12(11)15(5)10-13(2,3)4/h11-12,14H,6-10H2,1-5H3. The molecule has 1 aliphatic rings. The first kappa shape index (κ1) is 13.0. The van der Waals surface area contributed by atoms with Crippen molar-refractivity contribution in [1.29, 1.82) is 0 Å². The van der Waals surface area contributed by atoms with Gasteiger partial charge in [-0.1, -0.05) is 34.1 Å². The van der Waals surface area contributed by atoms with E-state index in [2.05, 4.69) is 45.0 Å². The van der Waals surface area contributed by atoms with Gasteiger partial charge in [0, 0.05) is 18.6 Å². The summed E-state index contributed by atoms with van der Waals surface area (Å²) in [7, 11) is 2.28. The van der Waals surface area contributed by atoms with Crippen LogP contribution < -0.4 is 5.32 Å². The van der Waals surface area contributed by atoms with Gasteiger partial charge in [0.25, 0.3) is 0 Å². The first-order chi connectivity index (χ1) is 6.94. The first-order valence-electron chi connectivity index (χ1n) is 6.37. The molecule has 0 saturated heterocycles. The molecule has 0 spiro atoms. The van der Waals surface area contributed by atoms with Gasteiger partial charge in [0.1, 0.15) is 0 Å². The SMILES string of the molecule is CCNC1CCCC1N(C)CC(C)(C)C. The van der Waals surface area contributed by atoms with E-state index in [9.17, 15) is 0 Å². The van der Waals surface area contributed by atoms with Crippen LogP contribution in [0.3, 0.4) is 0 Å². The summed E-state index contributed by atoms with van der Waals surface area (Å²) < 4.78 is 0. The third kappa shape index (κ3) is 4.12. The Labute approximate surface area is 95.4 Å². The molecular formula is C13H28N2. The third-order valence-corrected chi connectivity index (χ3v) is 3.24. The van der Waals surface area contributed by atoms with Gasteiger partial charge in [0.2, 0.25) is 0 Å². The van der Waals surface area contributed by atoms with E-state index in [1.165, 1.54) is 25.8 Å². The highest BCUT2D eigenvalue weighted by molar-refractivity contribution is 4.90. The fourth-order valence-electron chi connectivity index (χ4n) is 2.83. The molecule has 1 N–H and O–H groups in total. The molecule has 1 saturated carbocycles. The van der Waals surface area contributed by atoms with Crippen LogP contribution in [0.2, 0.25) is 0 Å². The Hall–Kier alpha value is -0.0800. The van der Waals surface area contributed by atoms with Gasteiger partial charge in [0.05, 0.1) is 0 Å². The lowest BCUT2D eigenvalue weighted by atomic mass is 9.95. The van der Waals surface area contributed by atoms with E-state index >= 15 is 0 Å². The van der Waals surface area contributed by atoms with Gasteiger partial charge in [-0.2, -0.15) is 0 Å². The van der Waals surface area contributed by atoms with Crippen LogP contribution >= 0.6 is 0 Å². The molecular weight excluding hydrogens is 184 g/mol. The zero-order chi connectivity index (χ0) is 11.5. The van der Waals surface area contributed by atoms with Crippen molar-refractivity contribution in [2.45, 2.75) is 59.0 Å². The molecule has 1 fully saturated rings. The van der Waals surface area contributed by atoms with Crippen LogP contribution in [-0.2, 0) is 0 Å². The second-order valence-corrected chi connectivity index (χ2v) is 6.14. The van der Waals surface area contributed by atoms with E-state index in [1.54, 1.807) is 0 Å². The van der Waals surface area contributed by atoms with Crippen LogP contribution in [-0.4, -0.2) is 37.1 Å². The van der Waals surface area contributed by atoms with Crippen LogP contribution in [0.15, 0.2) is 0 Å². The highest BCUT2D eigenvalue weighted by Crippen LogP contribution is 2.26. The third-order valence-electron chi connectivity index (χ3n) is 3.24. The van der Waals surface area contributed by atoms with Crippen molar-refractivity contribution in [3.63, 3.8) is 0 Å². The molecule has 2 unspecified atom stereocenters. The molecule has 1 rings (SSSR count). The molecule has 0 aromatic rings. The maximum absolute atomic E-state index is 3.62. The maximum Gasteiger partial charge on any atom is 0.0246 e. The predicted molar refractivity (Wildman–Crippen MR) is 67.2 cm³/mol. The minimum Gasteiger partial charge on any atom is -0.313 e. The van der Waals surface area contributed by atoms with Crippen molar-refractivity contribution in [2.75, 3.05) is 20.1 Å². The average Bonchev–Trinajstić information content (AvgIpc) is 2.49. The molecule has 2 nitrogen and oxygen atoms in total. The predicted octanol–water partition coefficient (Wildman–Crippen LogP) is 2.49. The molecule has 2 atom stereocenters. The second-order valence-electron chi connectivity index (χ2n) is 6.14. The minimum atomic E-state index is 0.411. The van der Waals surface area contributed by atoms with E-state index in [4.69, 9.17) is 0 Å². The number of nitrogens with zero attached hydrogens (tertiary/aromatic N) is 1. The number of likely N-dealkylation sites (N-methyl/N-ethyl adjacent to an activating group) is 2. The normalized spacial score (nSPS) is 27.6. The smallest absolute Gasteiger partial charge is 0.0246 e. The molecule has 0 heterocycles. The molecule has 2 heteroatoms. The molecule has 15 heavy (non-hydrogen) atoms. The molecule has 0 aromatic heterocycles. The fourth-order valence-corrected chi connectivity index (χ4v) is 2.83. The van der Waals surface area contributed by atoms with Gasteiger partial charge in [-0.25, -0.2) is 0 Å². The minimum absolute atomic E-state index is 0.411. The Kier molecular flexibility index (Phi) is 4.60. The van der Waals surface area contributed by atoms with Gasteiger partial charge in [-0.05, 0) is 31.8 Å². The van der Waals surface area contributed by atoms with Gasteiger partial charge < -0.3 is 10.2 Å². The van der Waals surface area contributed by atoms with E-state index in [0.717, 1.165) is 18.6 Å². The lowest BCUT2D eigenvalue weighted by Gasteiger charge is -2.34. The lowest BCUT2D eigenvalue weighted by Crippen LogP contribution is -2.47. The summed E-state index contributed by atoms with van der Waals surface area (Å²) in [5, 5.41) is 3.62. The van der Waals surface area contributed by atoms with Gasteiger partial charge in [0.15, 0.2) is 0 Å². The molecule has 1 aliphatic carbocycles. The van der Waals surface area contributed by atoms with Crippen molar-refractivity contribution in [3.05, 3.63) is 0 Å². The zero-order valence-electron chi connectivity index (χ0n) is 11.1.